The molecule has 10 heteroatoms. The van der Waals surface area contributed by atoms with Gasteiger partial charge in [0.05, 0.1) is 19.8 Å². The minimum Gasteiger partial charge on any atom is -0.379 e. The van der Waals surface area contributed by atoms with Crippen molar-refractivity contribution in [2.24, 2.45) is 7.05 Å². The zero-order chi connectivity index (χ0) is 19.7. The Hall–Kier alpha value is -2.85. The average molecular weight is 385 g/mol. The molecule has 0 bridgehead atoms. The smallest absolute Gasteiger partial charge is 0.297 e. The third kappa shape index (κ3) is 3.48. The number of hydrogen-bond donors (Lipinski definition) is 0. The van der Waals surface area contributed by atoms with Crippen molar-refractivity contribution in [3.05, 3.63) is 29.6 Å². The van der Waals surface area contributed by atoms with Crippen LogP contribution in [-0.4, -0.2) is 83.4 Å². The van der Waals surface area contributed by atoms with E-state index in [1.807, 2.05) is 18.2 Å². The SMILES string of the molecule is CN(C(=O)CN1CCOCC1)c1ccc2c(c1)N(C(=O)c1nnnn1C)CC2. The molecule has 2 amide bonds. The van der Waals surface area contributed by atoms with E-state index in [0.717, 1.165) is 36.4 Å². The molecule has 0 atom stereocenters. The summed E-state index contributed by atoms with van der Waals surface area (Å²) in [5.41, 5.74) is 2.63. The van der Waals surface area contributed by atoms with Gasteiger partial charge in [0.2, 0.25) is 11.7 Å². The number of morpholine rings is 1. The van der Waals surface area contributed by atoms with Crippen molar-refractivity contribution in [3.63, 3.8) is 0 Å². The molecule has 0 aliphatic carbocycles. The fourth-order valence-electron chi connectivity index (χ4n) is 3.52. The number of ether oxygens (including phenoxy) is 1. The molecule has 0 unspecified atom stereocenters. The first-order chi connectivity index (χ1) is 13.5. The predicted molar refractivity (Wildman–Crippen MR) is 101 cm³/mol. The van der Waals surface area contributed by atoms with Crippen molar-refractivity contribution in [2.75, 3.05) is 56.2 Å². The first-order valence-electron chi connectivity index (χ1n) is 9.28. The second kappa shape index (κ2) is 7.64. The lowest BCUT2D eigenvalue weighted by molar-refractivity contribution is -0.120. The van der Waals surface area contributed by atoms with E-state index >= 15 is 0 Å². The molecule has 3 heterocycles. The van der Waals surface area contributed by atoms with E-state index in [4.69, 9.17) is 4.74 Å². The van der Waals surface area contributed by atoms with Crippen LogP contribution in [0.15, 0.2) is 18.2 Å². The van der Waals surface area contributed by atoms with Crippen molar-refractivity contribution in [3.8, 4) is 0 Å². The van der Waals surface area contributed by atoms with Gasteiger partial charge in [0.25, 0.3) is 5.91 Å². The summed E-state index contributed by atoms with van der Waals surface area (Å²) >= 11 is 0. The second-order valence-corrected chi connectivity index (χ2v) is 6.99. The van der Waals surface area contributed by atoms with E-state index < -0.39 is 0 Å². The largest absolute Gasteiger partial charge is 0.379 e. The maximum Gasteiger partial charge on any atom is 0.297 e. The van der Waals surface area contributed by atoms with Crippen molar-refractivity contribution >= 4 is 23.2 Å². The highest BCUT2D eigenvalue weighted by Gasteiger charge is 2.29. The molecule has 28 heavy (non-hydrogen) atoms. The van der Waals surface area contributed by atoms with Gasteiger partial charge in [-0.05, 0) is 34.5 Å². The zero-order valence-corrected chi connectivity index (χ0v) is 16.0. The van der Waals surface area contributed by atoms with Gasteiger partial charge in [-0.25, -0.2) is 4.68 Å². The average Bonchev–Trinajstić information content (AvgIpc) is 3.33. The fourth-order valence-corrected chi connectivity index (χ4v) is 3.52. The molecule has 4 rings (SSSR count). The summed E-state index contributed by atoms with van der Waals surface area (Å²) in [5.74, 6) is -0.0454. The highest BCUT2D eigenvalue weighted by Crippen LogP contribution is 2.32. The molecule has 2 aliphatic rings. The molecule has 0 spiro atoms. The van der Waals surface area contributed by atoms with Crippen LogP contribution in [0.4, 0.5) is 11.4 Å². The van der Waals surface area contributed by atoms with Gasteiger partial charge >= 0.3 is 0 Å². The number of anilines is 2. The molecule has 10 nitrogen and oxygen atoms in total. The number of aryl methyl sites for hydroxylation is 1. The van der Waals surface area contributed by atoms with E-state index in [-0.39, 0.29) is 17.6 Å². The molecule has 0 N–H and O–H groups in total. The third-order valence-electron chi connectivity index (χ3n) is 5.24. The van der Waals surface area contributed by atoms with Gasteiger partial charge in [-0.1, -0.05) is 6.07 Å². The van der Waals surface area contributed by atoms with Crippen LogP contribution >= 0.6 is 0 Å². The Labute approximate surface area is 162 Å². The van der Waals surface area contributed by atoms with Gasteiger partial charge in [0.15, 0.2) is 0 Å². The number of carbonyl (C=O) groups is 2. The topological polar surface area (TPSA) is 96.7 Å². The van der Waals surface area contributed by atoms with E-state index in [1.54, 1.807) is 23.9 Å². The van der Waals surface area contributed by atoms with E-state index in [1.165, 1.54) is 4.68 Å². The fraction of sp³-hybridized carbons (Fsp3) is 0.500. The summed E-state index contributed by atoms with van der Waals surface area (Å²) in [4.78, 5) is 30.9. The van der Waals surface area contributed by atoms with Crippen LogP contribution < -0.4 is 9.80 Å². The number of benzene rings is 1. The van der Waals surface area contributed by atoms with Crippen molar-refractivity contribution in [1.82, 2.24) is 25.1 Å². The van der Waals surface area contributed by atoms with Crippen molar-refractivity contribution in [1.29, 1.82) is 0 Å². The highest BCUT2D eigenvalue weighted by atomic mass is 16.5. The Balaban J connectivity index is 1.52. The van der Waals surface area contributed by atoms with E-state index in [2.05, 4.69) is 20.4 Å². The van der Waals surface area contributed by atoms with Crippen LogP contribution in [-0.2, 0) is 23.0 Å². The number of rotatable bonds is 4. The Morgan fingerprint density at radius 3 is 2.71 bits per heavy atom. The zero-order valence-electron chi connectivity index (χ0n) is 16.0. The molecule has 0 radical (unpaired) electrons. The molecule has 2 aromatic rings. The number of tetrazole rings is 1. The predicted octanol–water partition coefficient (Wildman–Crippen LogP) is -0.292. The van der Waals surface area contributed by atoms with Gasteiger partial charge in [0, 0.05) is 45.1 Å². The molecule has 1 aromatic heterocycles. The van der Waals surface area contributed by atoms with Crippen LogP contribution in [0, 0.1) is 0 Å². The number of carbonyl (C=O) groups excluding carboxylic acids is 2. The first kappa shape index (κ1) is 18.5. The number of fused-ring (bicyclic) bond motifs is 1. The summed E-state index contributed by atoms with van der Waals surface area (Å²) in [5, 5.41) is 11.1. The monoisotopic (exact) mass is 385 g/mol. The quantitative estimate of drug-likeness (QED) is 0.713. The Morgan fingerprint density at radius 1 is 1.21 bits per heavy atom. The number of nitrogens with zero attached hydrogens (tertiary/aromatic N) is 7. The summed E-state index contributed by atoms with van der Waals surface area (Å²) in [6.07, 6.45) is 0.762. The Morgan fingerprint density at radius 2 is 2.00 bits per heavy atom. The number of aromatic nitrogens is 4. The normalized spacial score (nSPS) is 16.9. The standard InChI is InChI=1S/C18H23N7O3/c1-22(16(26)12-24-7-9-28-10-8-24)14-4-3-13-5-6-25(15(13)11-14)18(27)17-19-20-21-23(17)2/h3-4,11H,5-10,12H2,1-2H3. The van der Waals surface area contributed by atoms with E-state index in [9.17, 15) is 9.59 Å². The summed E-state index contributed by atoms with van der Waals surface area (Å²) in [6.45, 7) is 3.75. The van der Waals surface area contributed by atoms with Crippen LogP contribution in [0.25, 0.3) is 0 Å². The molecule has 2 aliphatic heterocycles. The van der Waals surface area contributed by atoms with Crippen LogP contribution in [0.3, 0.4) is 0 Å². The highest BCUT2D eigenvalue weighted by molar-refractivity contribution is 6.05. The maximum absolute atomic E-state index is 12.8. The van der Waals surface area contributed by atoms with E-state index in [0.29, 0.717) is 26.3 Å². The van der Waals surface area contributed by atoms with Gasteiger partial charge in [-0.15, -0.1) is 5.10 Å². The van der Waals surface area contributed by atoms with Gasteiger partial charge in [-0.3, -0.25) is 14.5 Å². The van der Waals surface area contributed by atoms with Gasteiger partial charge < -0.3 is 14.5 Å². The minimum atomic E-state index is -0.245. The lowest BCUT2D eigenvalue weighted by Gasteiger charge is -2.28. The van der Waals surface area contributed by atoms with Crippen LogP contribution in [0.2, 0.25) is 0 Å². The molecular weight excluding hydrogens is 362 g/mol. The van der Waals surface area contributed by atoms with Crippen molar-refractivity contribution < 1.29 is 14.3 Å². The minimum absolute atomic E-state index is 0.00947. The van der Waals surface area contributed by atoms with Crippen molar-refractivity contribution in [2.45, 2.75) is 6.42 Å². The Kier molecular flexibility index (Phi) is 5.05. The molecule has 148 valence electrons. The van der Waals surface area contributed by atoms with Gasteiger partial charge in [-0.2, -0.15) is 0 Å². The molecule has 1 aromatic carbocycles. The summed E-state index contributed by atoms with van der Waals surface area (Å²) in [7, 11) is 3.40. The van der Waals surface area contributed by atoms with Crippen LogP contribution in [0.1, 0.15) is 16.2 Å². The number of amides is 2. The maximum atomic E-state index is 12.8. The first-order valence-corrected chi connectivity index (χ1v) is 9.28. The molecule has 1 saturated heterocycles. The summed E-state index contributed by atoms with van der Waals surface area (Å²) in [6, 6.07) is 5.79. The Bertz CT molecular complexity index is 891. The summed E-state index contributed by atoms with van der Waals surface area (Å²) < 4.78 is 6.69. The lowest BCUT2D eigenvalue weighted by atomic mass is 10.1. The second-order valence-electron chi connectivity index (χ2n) is 6.99. The molecule has 0 saturated carbocycles. The molecular formula is C18H23N7O3. The lowest BCUT2D eigenvalue weighted by Crippen LogP contribution is -2.43. The van der Waals surface area contributed by atoms with Gasteiger partial charge in [0.1, 0.15) is 0 Å². The van der Waals surface area contributed by atoms with Crippen LogP contribution in [0.5, 0.6) is 0 Å². The number of hydrogen-bond acceptors (Lipinski definition) is 7. The third-order valence-corrected chi connectivity index (χ3v) is 5.24. The number of likely N-dealkylation sites (N-methyl/N-ethyl adjacent to an activating group) is 1. The molecule has 1 fully saturated rings.